The van der Waals surface area contributed by atoms with Crippen molar-refractivity contribution in [1.29, 1.82) is 0 Å². The van der Waals surface area contributed by atoms with Crippen LogP contribution in [0.1, 0.15) is 12.5 Å². The Kier molecular flexibility index (Phi) is 4.67. The van der Waals surface area contributed by atoms with Gasteiger partial charge in [-0.1, -0.05) is 0 Å². The number of aliphatic hydroxyl groups is 1. The molecule has 0 saturated heterocycles. The molecule has 1 aliphatic heterocycles. The highest BCUT2D eigenvalue weighted by Gasteiger charge is 2.33. The molecule has 7 heteroatoms. The van der Waals surface area contributed by atoms with Gasteiger partial charge in [-0.15, -0.1) is 0 Å². The van der Waals surface area contributed by atoms with E-state index >= 15 is 0 Å². The van der Waals surface area contributed by atoms with E-state index < -0.39 is 12.1 Å². The topological polar surface area (TPSA) is 96.3 Å². The lowest BCUT2D eigenvalue weighted by Crippen LogP contribution is -2.45. The number of hydrogen-bond acceptors (Lipinski definition) is 5. The monoisotopic (exact) mass is 307 g/mol. The third-order valence-corrected chi connectivity index (χ3v) is 3.22. The lowest BCUT2D eigenvalue weighted by molar-refractivity contribution is -0.131. The summed E-state index contributed by atoms with van der Waals surface area (Å²) in [6.45, 7) is 1.54. The lowest BCUT2D eigenvalue weighted by atomic mass is 10.1. The molecular weight excluding hydrogens is 290 g/mol. The Morgan fingerprint density at radius 1 is 1.50 bits per heavy atom. The predicted octanol–water partition coefficient (Wildman–Crippen LogP) is 0.899. The molecule has 22 heavy (non-hydrogen) atoms. The van der Waals surface area contributed by atoms with E-state index in [9.17, 15) is 9.59 Å². The first-order valence-corrected chi connectivity index (χ1v) is 6.70. The first-order chi connectivity index (χ1) is 10.5. The normalized spacial score (nSPS) is 17.3. The summed E-state index contributed by atoms with van der Waals surface area (Å²) in [7, 11) is 1.46. The average molecular weight is 307 g/mol. The van der Waals surface area contributed by atoms with Crippen LogP contribution in [-0.4, -0.2) is 48.5 Å². The van der Waals surface area contributed by atoms with Gasteiger partial charge < -0.3 is 24.6 Å². The van der Waals surface area contributed by atoms with Crippen molar-refractivity contribution in [1.82, 2.24) is 0 Å². The third kappa shape index (κ3) is 3.04. The number of nitrogens with zero attached hydrogens (tertiary/aromatic N) is 1. The Morgan fingerprint density at radius 2 is 2.23 bits per heavy atom. The minimum Gasteiger partial charge on any atom is -0.493 e. The highest BCUT2D eigenvalue weighted by Crippen LogP contribution is 2.43. The van der Waals surface area contributed by atoms with Gasteiger partial charge in [0.2, 0.25) is 0 Å². The van der Waals surface area contributed by atoms with Crippen molar-refractivity contribution >= 4 is 23.6 Å². The third-order valence-electron chi connectivity index (χ3n) is 3.22. The maximum Gasteiger partial charge on any atom is 0.328 e. The second-order valence-corrected chi connectivity index (χ2v) is 4.72. The van der Waals surface area contributed by atoms with Gasteiger partial charge in [0.05, 0.1) is 19.4 Å². The molecule has 0 aromatic heterocycles. The SMILES string of the molecule is COc1cc(/C=C/C(=O)O)cc2c1OC(C)C(=O)N2CCO. The van der Waals surface area contributed by atoms with Crippen LogP contribution in [0, 0.1) is 0 Å². The van der Waals surface area contributed by atoms with Crippen molar-refractivity contribution in [2.45, 2.75) is 13.0 Å². The molecule has 0 fully saturated rings. The summed E-state index contributed by atoms with van der Waals surface area (Å²) in [5, 5.41) is 17.9. The van der Waals surface area contributed by atoms with Gasteiger partial charge in [0, 0.05) is 12.6 Å². The number of aliphatic hydroxyl groups excluding tert-OH is 1. The zero-order valence-electron chi connectivity index (χ0n) is 12.3. The first-order valence-electron chi connectivity index (χ1n) is 6.70. The quantitative estimate of drug-likeness (QED) is 0.785. The minimum absolute atomic E-state index is 0.120. The van der Waals surface area contributed by atoms with Gasteiger partial charge in [-0.05, 0) is 30.7 Å². The van der Waals surface area contributed by atoms with Gasteiger partial charge in [-0.3, -0.25) is 4.79 Å². The molecule has 1 atom stereocenters. The van der Waals surface area contributed by atoms with Crippen LogP contribution in [-0.2, 0) is 9.59 Å². The molecule has 0 bridgehead atoms. The Morgan fingerprint density at radius 3 is 2.82 bits per heavy atom. The minimum atomic E-state index is -1.08. The van der Waals surface area contributed by atoms with Crippen LogP contribution in [0.5, 0.6) is 11.5 Å². The number of carbonyl (C=O) groups excluding carboxylic acids is 1. The van der Waals surface area contributed by atoms with Gasteiger partial charge in [-0.25, -0.2) is 4.79 Å². The van der Waals surface area contributed by atoms with E-state index in [4.69, 9.17) is 19.7 Å². The van der Waals surface area contributed by atoms with Gasteiger partial charge in [-0.2, -0.15) is 0 Å². The number of ether oxygens (including phenoxy) is 2. The van der Waals surface area contributed by atoms with E-state index in [1.54, 1.807) is 19.1 Å². The highest BCUT2D eigenvalue weighted by molar-refractivity contribution is 6.01. The number of fused-ring (bicyclic) bond motifs is 1. The van der Waals surface area contributed by atoms with Crippen molar-refractivity contribution in [3.05, 3.63) is 23.8 Å². The van der Waals surface area contributed by atoms with Crippen LogP contribution in [0.25, 0.3) is 6.08 Å². The average Bonchev–Trinajstić information content (AvgIpc) is 2.49. The molecule has 0 aliphatic carbocycles. The van der Waals surface area contributed by atoms with E-state index in [1.165, 1.54) is 18.1 Å². The van der Waals surface area contributed by atoms with Crippen LogP contribution in [0.4, 0.5) is 5.69 Å². The summed E-state index contributed by atoms with van der Waals surface area (Å²) in [5.41, 5.74) is 0.994. The molecular formula is C15H17NO6. The molecule has 2 rings (SSSR count). The smallest absolute Gasteiger partial charge is 0.328 e. The summed E-state index contributed by atoms with van der Waals surface area (Å²) in [5.74, 6) is -0.562. The zero-order valence-corrected chi connectivity index (χ0v) is 12.3. The van der Waals surface area contributed by atoms with Gasteiger partial charge in [0.25, 0.3) is 5.91 Å². The summed E-state index contributed by atoms with van der Waals surface area (Å²) in [6.07, 6.45) is 1.70. The van der Waals surface area contributed by atoms with Crippen LogP contribution in [0.2, 0.25) is 0 Å². The van der Waals surface area contributed by atoms with Gasteiger partial charge in [0.15, 0.2) is 17.6 Å². The predicted molar refractivity (Wildman–Crippen MR) is 79.2 cm³/mol. The number of carbonyl (C=O) groups is 2. The Balaban J connectivity index is 2.55. The standard InChI is InChI=1S/C15H17NO6/c1-9-15(20)16(5-6-17)11-7-10(3-4-13(18)19)8-12(21-2)14(11)22-9/h3-4,7-9,17H,5-6H2,1-2H3,(H,18,19)/b4-3+. The molecule has 1 aromatic carbocycles. The number of hydrogen-bond donors (Lipinski definition) is 2. The van der Waals surface area contributed by atoms with Gasteiger partial charge >= 0.3 is 5.97 Å². The molecule has 1 amide bonds. The fourth-order valence-electron chi connectivity index (χ4n) is 2.24. The molecule has 7 nitrogen and oxygen atoms in total. The number of β-amino-alcohol motifs (C(OH)–C–C–N with tert-alkyl or cyclic N) is 1. The molecule has 0 saturated carbocycles. The number of amides is 1. The molecule has 0 spiro atoms. The molecule has 118 valence electrons. The molecule has 2 N–H and O–H groups in total. The van der Waals surface area contributed by atoms with Crippen LogP contribution >= 0.6 is 0 Å². The van der Waals surface area contributed by atoms with Crippen molar-refractivity contribution in [2.75, 3.05) is 25.2 Å². The Bertz CT molecular complexity index is 625. The molecule has 0 radical (unpaired) electrons. The van der Waals surface area contributed by atoms with Crippen molar-refractivity contribution < 1.29 is 29.3 Å². The van der Waals surface area contributed by atoms with Crippen molar-refractivity contribution in [2.24, 2.45) is 0 Å². The second kappa shape index (κ2) is 6.48. The fraction of sp³-hybridized carbons (Fsp3) is 0.333. The van der Waals surface area contributed by atoms with Crippen LogP contribution in [0.15, 0.2) is 18.2 Å². The number of methoxy groups -OCH3 is 1. The largest absolute Gasteiger partial charge is 0.493 e. The number of carboxylic acids is 1. The maximum atomic E-state index is 12.2. The summed E-state index contributed by atoms with van der Waals surface area (Å²) in [6, 6.07) is 3.24. The number of rotatable bonds is 5. The number of carboxylic acid groups (broad SMARTS) is 1. The fourth-order valence-corrected chi connectivity index (χ4v) is 2.24. The molecule has 1 aromatic rings. The van der Waals surface area contributed by atoms with E-state index in [0.717, 1.165) is 6.08 Å². The molecule has 1 aliphatic rings. The zero-order chi connectivity index (χ0) is 16.3. The van der Waals surface area contributed by atoms with Crippen LogP contribution < -0.4 is 14.4 Å². The first kappa shape index (κ1) is 15.8. The lowest BCUT2D eigenvalue weighted by Gasteiger charge is -2.33. The molecule has 1 heterocycles. The summed E-state index contributed by atoms with van der Waals surface area (Å²) < 4.78 is 10.8. The number of anilines is 1. The van der Waals surface area contributed by atoms with Crippen molar-refractivity contribution in [3.63, 3.8) is 0 Å². The summed E-state index contributed by atoms with van der Waals surface area (Å²) >= 11 is 0. The maximum absolute atomic E-state index is 12.2. The van der Waals surface area contributed by atoms with E-state index in [2.05, 4.69) is 0 Å². The van der Waals surface area contributed by atoms with Gasteiger partial charge in [0.1, 0.15) is 0 Å². The number of aliphatic carboxylic acids is 1. The number of benzene rings is 1. The Hall–Kier alpha value is -2.54. The highest BCUT2D eigenvalue weighted by atomic mass is 16.5. The Labute approximate surface area is 127 Å². The van der Waals surface area contributed by atoms with Crippen LogP contribution in [0.3, 0.4) is 0 Å². The second-order valence-electron chi connectivity index (χ2n) is 4.72. The summed E-state index contributed by atoms with van der Waals surface area (Å²) in [4.78, 5) is 24.2. The van der Waals surface area contributed by atoms with Crippen molar-refractivity contribution in [3.8, 4) is 11.5 Å². The van der Waals surface area contributed by atoms with E-state index in [1.807, 2.05) is 0 Å². The molecule has 1 unspecified atom stereocenters. The van der Waals surface area contributed by atoms with E-state index in [0.29, 0.717) is 22.7 Å². The van der Waals surface area contributed by atoms with E-state index in [-0.39, 0.29) is 19.1 Å².